The Morgan fingerprint density at radius 2 is 1.72 bits per heavy atom. The molecule has 170 valence electrons. The zero-order chi connectivity index (χ0) is 22.2. The molecule has 2 saturated carbocycles. The number of nitrogens with zero attached hydrogens (tertiary/aromatic N) is 4. The minimum Gasteiger partial charge on any atom is -0.317 e. The Balaban J connectivity index is 1.40. The van der Waals surface area contributed by atoms with Gasteiger partial charge < -0.3 is 9.80 Å². The van der Waals surface area contributed by atoms with E-state index in [2.05, 4.69) is 64.1 Å². The Morgan fingerprint density at radius 3 is 2.31 bits per heavy atom. The molecule has 2 amide bonds. The molecule has 1 aromatic heterocycles. The van der Waals surface area contributed by atoms with Crippen LogP contribution >= 0.6 is 0 Å². The summed E-state index contributed by atoms with van der Waals surface area (Å²) < 4.78 is 0. The van der Waals surface area contributed by atoms with Gasteiger partial charge in [0, 0.05) is 24.8 Å². The van der Waals surface area contributed by atoms with Gasteiger partial charge in [0.2, 0.25) is 0 Å². The lowest BCUT2D eigenvalue weighted by Gasteiger charge is -2.51. The van der Waals surface area contributed by atoms with E-state index >= 15 is 0 Å². The molecule has 2 aliphatic carbocycles. The lowest BCUT2D eigenvalue weighted by molar-refractivity contribution is 0.0159. The highest BCUT2D eigenvalue weighted by molar-refractivity contribution is 5.78. The summed E-state index contributed by atoms with van der Waals surface area (Å²) in [4.78, 5) is 24.9. The van der Waals surface area contributed by atoms with Crippen LogP contribution in [0.5, 0.6) is 0 Å². The van der Waals surface area contributed by atoms with E-state index < -0.39 is 0 Å². The molecule has 0 atom stereocenters. The predicted octanol–water partition coefficient (Wildman–Crippen LogP) is 4.89. The molecule has 3 fully saturated rings. The van der Waals surface area contributed by atoms with Gasteiger partial charge in [-0.15, -0.1) is 0 Å². The second kappa shape index (κ2) is 8.51. The molecule has 32 heavy (non-hydrogen) atoms. The molecule has 2 aromatic rings. The number of carbonyl (C=O) groups is 1. The minimum absolute atomic E-state index is 0.0459. The van der Waals surface area contributed by atoms with Gasteiger partial charge in [0.25, 0.3) is 0 Å². The third-order valence-corrected chi connectivity index (χ3v) is 8.48. The molecule has 0 radical (unpaired) electrons. The molecule has 0 bridgehead atoms. The number of carbonyl (C=O) groups excluding carboxylic acids is 1. The summed E-state index contributed by atoms with van der Waals surface area (Å²) in [5.41, 5.74) is 2.38. The largest absolute Gasteiger partial charge is 0.320 e. The number of aromatic nitrogens is 1. The standard InChI is InChI=1S/C27H36N4O/c1-29(2)27(23-11-4-3-5-12-23)16-14-26(15-17-27)21-30(20-24-13-6-7-18-28-24)25(32)31(26)19-22-9-8-10-22/h3-7,11-13,18,22H,8-10,14-17,19-21H2,1-2H3. The first kappa shape index (κ1) is 21.4. The van der Waals surface area contributed by atoms with Gasteiger partial charge in [0.15, 0.2) is 0 Å². The average Bonchev–Trinajstić information content (AvgIpc) is 3.03. The molecule has 1 spiro atoms. The van der Waals surface area contributed by atoms with E-state index in [1.165, 1.54) is 24.8 Å². The van der Waals surface area contributed by atoms with E-state index in [1.54, 1.807) is 0 Å². The van der Waals surface area contributed by atoms with Gasteiger partial charge in [0.05, 0.1) is 17.8 Å². The minimum atomic E-state index is -0.0459. The maximum Gasteiger partial charge on any atom is 0.320 e. The van der Waals surface area contributed by atoms with Crippen molar-refractivity contribution in [3.8, 4) is 0 Å². The number of pyridine rings is 1. The van der Waals surface area contributed by atoms with Crippen molar-refractivity contribution in [3.05, 3.63) is 66.0 Å². The van der Waals surface area contributed by atoms with Crippen molar-refractivity contribution >= 4 is 6.03 Å². The summed E-state index contributed by atoms with van der Waals surface area (Å²) in [7, 11) is 4.43. The van der Waals surface area contributed by atoms with Crippen LogP contribution in [0.3, 0.4) is 0 Å². The Hall–Kier alpha value is -2.40. The molecule has 1 aromatic carbocycles. The molecule has 5 nitrogen and oxygen atoms in total. The summed E-state index contributed by atoms with van der Waals surface area (Å²) in [6.45, 7) is 2.37. The van der Waals surface area contributed by atoms with Crippen molar-refractivity contribution in [3.63, 3.8) is 0 Å². The number of urea groups is 1. The molecule has 3 aliphatic rings. The lowest BCUT2D eigenvalue weighted by atomic mass is 9.68. The highest BCUT2D eigenvalue weighted by Gasteiger charge is 2.54. The van der Waals surface area contributed by atoms with Crippen molar-refractivity contribution in [2.75, 3.05) is 27.2 Å². The fourth-order valence-electron chi connectivity index (χ4n) is 6.20. The summed E-state index contributed by atoms with van der Waals surface area (Å²) >= 11 is 0. The van der Waals surface area contributed by atoms with Gasteiger partial charge in [-0.25, -0.2) is 4.79 Å². The van der Waals surface area contributed by atoms with Crippen LogP contribution in [-0.4, -0.2) is 58.4 Å². The first-order valence-corrected chi connectivity index (χ1v) is 12.2. The molecular formula is C27H36N4O. The number of benzene rings is 1. The third kappa shape index (κ3) is 3.71. The Labute approximate surface area is 192 Å². The highest BCUT2D eigenvalue weighted by Crippen LogP contribution is 2.49. The van der Waals surface area contributed by atoms with Crippen molar-refractivity contribution in [2.24, 2.45) is 5.92 Å². The molecular weight excluding hydrogens is 396 g/mol. The number of hydrogen-bond donors (Lipinski definition) is 0. The van der Waals surface area contributed by atoms with Gasteiger partial charge in [-0.1, -0.05) is 42.8 Å². The lowest BCUT2D eigenvalue weighted by Crippen LogP contribution is -2.56. The molecule has 5 rings (SSSR count). The highest BCUT2D eigenvalue weighted by atomic mass is 16.2. The van der Waals surface area contributed by atoms with E-state index in [0.29, 0.717) is 12.5 Å². The van der Waals surface area contributed by atoms with Crippen molar-refractivity contribution in [1.29, 1.82) is 0 Å². The second-order valence-electron chi connectivity index (χ2n) is 10.4. The smallest absolute Gasteiger partial charge is 0.317 e. The van der Waals surface area contributed by atoms with Crippen LogP contribution in [0.15, 0.2) is 54.7 Å². The molecule has 0 unspecified atom stereocenters. The van der Waals surface area contributed by atoms with Gasteiger partial charge in [-0.3, -0.25) is 9.88 Å². The normalized spacial score (nSPS) is 28.5. The molecule has 2 heterocycles. The van der Waals surface area contributed by atoms with Crippen LogP contribution < -0.4 is 0 Å². The fourth-order valence-corrected chi connectivity index (χ4v) is 6.20. The predicted molar refractivity (Wildman–Crippen MR) is 127 cm³/mol. The monoisotopic (exact) mass is 432 g/mol. The summed E-state index contributed by atoms with van der Waals surface area (Å²) in [5, 5.41) is 0. The molecule has 5 heteroatoms. The quantitative estimate of drug-likeness (QED) is 0.652. The fraction of sp³-hybridized carbons (Fsp3) is 0.556. The second-order valence-corrected chi connectivity index (χ2v) is 10.4. The maximum atomic E-state index is 13.6. The summed E-state index contributed by atoms with van der Waals surface area (Å²) in [6, 6.07) is 17.2. The van der Waals surface area contributed by atoms with Crippen LogP contribution in [0.1, 0.15) is 56.2 Å². The number of hydrogen-bond acceptors (Lipinski definition) is 3. The maximum absolute atomic E-state index is 13.6. The van der Waals surface area contributed by atoms with E-state index in [1.807, 2.05) is 24.4 Å². The zero-order valence-electron chi connectivity index (χ0n) is 19.5. The first-order valence-electron chi connectivity index (χ1n) is 12.2. The average molecular weight is 433 g/mol. The van der Waals surface area contributed by atoms with Gasteiger partial charge in [-0.05, 0) is 76.2 Å². The van der Waals surface area contributed by atoms with E-state index in [9.17, 15) is 4.79 Å². The summed E-state index contributed by atoms with van der Waals surface area (Å²) in [5.74, 6) is 0.681. The van der Waals surface area contributed by atoms with Crippen molar-refractivity contribution in [2.45, 2.75) is 62.6 Å². The van der Waals surface area contributed by atoms with Crippen LogP contribution in [-0.2, 0) is 12.1 Å². The van der Waals surface area contributed by atoms with Crippen LogP contribution in [0.2, 0.25) is 0 Å². The van der Waals surface area contributed by atoms with E-state index in [4.69, 9.17) is 0 Å². The molecule has 1 saturated heterocycles. The Morgan fingerprint density at radius 1 is 1.00 bits per heavy atom. The molecule has 1 aliphatic heterocycles. The topological polar surface area (TPSA) is 39.7 Å². The first-order chi connectivity index (χ1) is 15.5. The van der Waals surface area contributed by atoms with Crippen LogP contribution in [0.4, 0.5) is 4.79 Å². The summed E-state index contributed by atoms with van der Waals surface area (Å²) in [6.07, 6.45) is 9.94. The van der Waals surface area contributed by atoms with Gasteiger partial charge >= 0.3 is 6.03 Å². The Bertz CT molecular complexity index is 917. The number of rotatable bonds is 6. The third-order valence-electron chi connectivity index (χ3n) is 8.48. The SMILES string of the molecule is CN(C)C1(c2ccccc2)CCC2(CC1)CN(Cc1ccccn1)C(=O)N2CC1CCC1. The van der Waals surface area contributed by atoms with Crippen LogP contribution in [0.25, 0.3) is 0 Å². The van der Waals surface area contributed by atoms with Gasteiger partial charge in [0.1, 0.15) is 0 Å². The number of amides is 2. The van der Waals surface area contributed by atoms with E-state index in [-0.39, 0.29) is 17.1 Å². The zero-order valence-corrected chi connectivity index (χ0v) is 19.5. The van der Waals surface area contributed by atoms with Crippen molar-refractivity contribution in [1.82, 2.24) is 19.7 Å². The van der Waals surface area contributed by atoms with Crippen molar-refractivity contribution < 1.29 is 4.79 Å². The van der Waals surface area contributed by atoms with Gasteiger partial charge in [-0.2, -0.15) is 0 Å². The van der Waals surface area contributed by atoms with E-state index in [0.717, 1.165) is 44.5 Å². The van der Waals surface area contributed by atoms with Crippen LogP contribution in [0, 0.1) is 5.92 Å². The molecule has 0 N–H and O–H groups in total. The Kier molecular flexibility index (Phi) is 5.70.